The molecule has 2 aromatic rings. The Bertz CT molecular complexity index is 850. The maximum Gasteiger partial charge on any atom is 0.387 e. The highest BCUT2D eigenvalue weighted by Crippen LogP contribution is 2.29. The van der Waals surface area contributed by atoms with Crippen LogP contribution in [-0.2, 0) is 10.2 Å². The zero-order valence-corrected chi connectivity index (χ0v) is 15.9. The van der Waals surface area contributed by atoms with Crippen LogP contribution < -0.4 is 14.8 Å². The summed E-state index contributed by atoms with van der Waals surface area (Å²) in [5, 5.41) is 11.4. The highest BCUT2D eigenvalue weighted by molar-refractivity contribution is 7.15. The van der Waals surface area contributed by atoms with Crippen molar-refractivity contribution in [3.8, 4) is 11.5 Å². The van der Waals surface area contributed by atoms with Crippen LogP contribution in [-0.4, -0.2) is 29.3 Å². The Morgan fingerprint density at radius 1 is 1.14 bits per heavy atom. The van der Waals surface area contributed by atoms with Crippen molar-refractivity contribution < 1.29 is 31.8 Å². The quantitative estimate of drug-likeness (QED) is 0.521. The topological polar surface area (TPSA) is 73.3 Å². The Morgan fingerprint density at radius 3 is 2.39 bits per heavy atom. The Hall–Kier alpha value is -2.69. The molecule has 0 aliphatic rings. The first kappa shape index (κ1) is 21.6. The SMILES string of the molecule is CC(C)(C)c1nnc(NC(=O)/C=C/c2ccc(OC(F)F)cc2OC(F)F)s1. The summed E-state index contributed by atoms with van der Waals surface area (Å²) in [4.78, 5) is 12.0. The van der Waals surface area contributed by atoms with Crippen LogP contribution in [0, 0.1) is 0 Å². The lowest BCUT2D eigenvalue weighted by Gasteiger charge is -2.12. The first-order valence-electron chi connectivity index (χ1n) is 7.91. The Balaban J connectivity index is 2.13. The van der Waals surface area contributed by atoms with E-state index in [1.807, 2.05) is 20.8 Å². The lowest BCUT2D eigenvalue weighted by molar-refractivity contribution is -0.111. The monoisotopic (exact) mass is 419 g/mol. The van der Waals surface area contributed by atoms with Gasteiger partial charge in [0.15, 0.2) is 0 Å². The van der Waals surface area contributed by atoms with Gasteiger partial charge in [-0.1, -0.05) is 32.1 Å². The molecular weight excluding hydrogens is 402 g/mol. The van der Waals surface area contributed by atoms with Gasteiger partial charge in [0.05, 0.1) is 0 Å². The van der Waals surface area contributed by atoms with Gasteiger partial charge >= 0.3 is 13.2 Å². The predicted octanol–water partition coefficient (Wildman–Crippen LogP) is 4.69. The zero-order chi connectivity index (χ0) is 20.9. The summed E-state index contributed by atoms with van der Waals surface area (Å²) in [6, 6.07) is 3.24. The van der Waals surface area contributed by atoms with E-state index in [1.54, 1.807) is 0 Å². The third-order valence-corrected chi connectivity index (χ3v) is 4.40. The van der Waals surface area contributed by atoms with Crippen molar-refractivity contribution in [1.82, 2.24) is 10.2 Å². The molecular formula is C17H17F4N3O3S. The van der Waals surface area contributed by atoms with Gasteiger partial charge < -0.3 is 9.47 Å². The van der Waals surface area contributed by atoms with Gasteiger partial charge in [0.25, 0.3) is 0 Å². The molecule has 0 aliphatic heterocycles. The number of anilines is 1. The summed E-state index contributed by atoms with van der Waals surface area (Å²) in [6.45, 7) is -0.447. The molecule has 0 atom stereocenters. The fourth-order valence-electron chi connectivity index (χ4n) is 1.92. The number of alkyl halides is 4. The molecule has 1 aromatic carbocycles. The molecule has 1 aromatic heterocycles. The van der Waals surface area contributed by atoms with Crippen LogP contribution in [0.15, 0.2) is 24.3 Å². The summed E-state index contributed by atoms with van der Waals surface area (Å²) in [5.74, 6) is -1.34. The Kier molecular flexibility index (Phi) is 6.95. The van der Waals surface area contributed by atoms with Gasteiger partial charge in [-0.2, -0.15) is 17.6 Å². The summed E-state index contributed by atoms with van der Waals surface area (Å²) in [6.07, 6.45) is 2.27. The van der Waals surface area contributed by atoms with E-state index in [-0.39, 0.29) is 21.9 Å². The molecule has 0 saturated carbocycles. The van der Waals surface area contributed by atoms with Crippen LogP contribution in [0.3, 0.4) is 0 Å². The molecule has 1 amide bonds. The molecule has 1 N–H and O–H groups in total. The summed E-state index contributed by atoms with van der Waals surface area (Å²) in [7, 11) is 0. The van der Waals surface area contributed by atoms with E-state index in [0.717, 1.165) is 23.2 Å². The van der Waals surface area contributed by atoms with E-state index in [0.29, 0.717) is 0 Å². The highest BCUT2D eigenvalue weighted by atomic mass is 32.1. The van der Waals surface area contributed by atoms with Crippen LogP contribution in [0.2, 0.25) is 0 Å². The van der Waals surface area contributed by atoms with Gasteiger partial charge in [-0.3, -0.25) is 10.1 Å². The van der Waals surface area contributed by atoms with Crippen molar-refractivity contribution in [2.45, 2.75) is 39.4 Å². The summed E-state index contributed by atoms with van der Waals surface area (Å²) < 4.78 is 58.1. The van der Waals surface area contributed by atoms with E-state index in [9.17, 15) is 22.4 Å². The van der Waals surface area contributed by atoms with E-state index >= 15 is 0 Å². The average Bonchev–Trinajstić information content (AvgIpc) is 3.01. The van der Waals surface area contributed by atoms with Crippen molar-refractivity contribution in [1.29, 1.82) is 0 Å². The number of ether oxygens (including phenoxy) is 2. The maximum absolute atomic E-state index is 12.6. The third-order valence-electron chi connectivity index (χ3n) is 3.14. The Labute approximate surface area is 162 Å². The van der Waals surface area contributed by atoms with Crippen LogP contribution in [0.1, 0.15) is 31.3 Å². The third kappa shape index (κ3) is 6.48. The molecule has 0 bridgehead atoms. The first-order chi connectivity index (χ1) is 13.0. The molecule has 2 rings (SSSR count). The molecule has 1 heterocycles. The fraction of sp³-hybridized carbons (Fsp3) is 0.353. The summed E-state index contributed by atoms with van der Waals surface area (Å²) in [5.41, 5.74) is -0.148. The molecule has 6 nitrogen and oxygen atoms in total. The zero-order valence-electron chi connectivity index (χ0n) is 15.1. The van der Waals surface area contributed by atoms with Gasteiger partial charge in [0, 0.05) is 23.1 Å². The number of nitrogens with zero attached hydrogens (tertiary/aromatic N) is 2. The van der Waals surface area contributed by atoms with Gasteiger partial charge in [-0.25, -0.2) is 0 Å². The van der Waals surface area contributed by atoms with Crippen LogP contribution in [0.25, 0.3) is 6.08 Å². The van der Waals surface area contributed by atoms with E-state index < -0.39 is 24.9 Å². The minimum Gasteiger partial charge on any atom is -0.435 e. The smallest absolute Gasteiger partial charge is 0.387 e. The van der Waals surface area contributed by atoms with Gasteiger partial charge in [0.2, 0.25) is 11.0 Å². The van der Waals surface area contributed by atoms with Gasteiger partial charge in [-0.05, 0) is 18.2 Å². The number of carbonyl (C=O) groups excluding carboxylic acids is 1. The van der Waals surface area contributed by atoms with Crippen LogP contribution in [0.5, 0.6) is 11.5 Å². The number of rotatable bonds is 7. The van der Waals surface area contributed by atoms with Crippen molar-refractivity contribution in [2.24, 2.45) is 0 Å². The number of aromatic nitrogens is 2. The molecule has 11 heteroatoms. The van der Waals surface area contributed by atoms with Crippen molar-refractivity contribution in [2.75, 3.05) is 5.32 Å². The molecule has 0 saturated heterocycles. The predicted molar refractivity (Wildman–Crippen MR) is 96.0 cm³/mol. The minimum absolute atomic E-state index is 0.0738. The summed E-state index contributed by atoms with van der Waals surface area (Å²) >= 11 is 1.21. The molecule has 0 fully saturated rings. The minimum atomic E-state index is -3.18. The number of nitrogens with one attached hydrogen (secondary N) is 1. The number of halogens is 4. The number of carbonyl (C=O) groups is 1. The van der Waals surface area contributed by atoms with Crippen molar-refractivity contribution >= 4 is 28.5 Å². The normalized spacial score (nSPS) is 12.0. The standard InChI is InChI=1S/C17H17F4N3O3S/c1-17(2,3)13-23-24-16(28-13)22-12(25)7-5-9-4-6-10(26-14(18)19)8-11(9)27-15(20)21/h4-8,14-15H,1-3H3,(H,22,24,25)/b7-5+. The lowest BCUT2D eigenvalue weighted by Crippen LogP contribution is -2.10. The fourth-order valence-corrected chi connectivity index (χ4v) is 2.72. The Morgan fingerprint density at radius 2 is 1.82 bits per heavy atom. The molecule has 0 spiro atoms. The van der Waals surface area contributed by atoms with E-state index in [2.05, 4.69) is 25.0 Å². The second kappa shape index (κ2) is 9.00. The van der Waals surface area contributed by atoms with Crippen LogP contribution in [0.4, 0.5) is 22.7 Å². The molecule has 28 heavy (non-hydrogen) atoms. The van der Waals surface area contributed by atoms with Crippen molar-refractivity contribution in [3.05, 3.63) is 34.8 Å². The molecule has 0 unspecified atom stereocenters. The highest BCUT2D eigenvalue weighted by Gasteiger charge is 2.19. The largest absolute Gasteiger partial charge is 0.435 e. The molecule has 0 radical (unpaired) electrons. The van der Waals surface area contributed by atoms with Gasteiger partial charge in [0.1, 0.15) is 16.5 Å². The van der Waals surface area contributed by atoms with Crippen molar-refractivity contribution in [3.63, 3.8) is 0 Å². The first-order valence-corrected chi connectivity index (χ1v) is 8.73. The average molecular weight is 419 g/mol. The van der Waals surface area contributed by atoms with Crippen LogP contribution >= 0.6 is 11.3 Å². The second-order valence-corrected chi connectivity index (χ2v) is 7.42. The number of hydrogen-bond donors (Lipinski definition) is 1. The van der Waals surface area contributed by atoms with E-state index in [4.69, 9.17) is 0 Å². The van der Waals surface area contributed by atoms with E-state index in [1.165, 1.54) is 23.5 Å². The number of amides is 1. The van der Waals surface area contributed by atoms with Gasteiger partial charge in [-0.15, -0.1) is 10.2 Å². The maximum atomic E-state index is 12.6. The molecule has 152 valence electrons. The lowest BCUT2D eigenvalue weighted by atomic mass is 9.98. The number of benzene rings is 1. The second-order valence-electron chi connectivity index (χ2n) is 6.44. The molecule has 0 aliphatic carbocycles. The number of hydrogen-bond acceptors (Lipinski definition) is 6.